The van der Waals surface area contributed by atoms with Crippen LogP contribution < -0.4 is 15.8 Å². The summed E-state index contributed by atoms with van der Waals surface area (Å²) >= 11 is 0. The monoisotopic (exact) mass is 312 g/mol. The molecule has 0 unspecified atom stereocenters. The van der Waals surface area contributed by atoms with Crippen LogP contribution in [0.5, 0.6) is 5.75 Å². The van der Waals surface area contributed by atoms with Crippen molar-refractivity contribution in [3.63, 3.8) is 0 Å². The van der Waals surface area contributed by atoms with Crippen LogP contribution in [0.1, 0.15) is 37.7 Å². The Balaban J connectivity index is 0.00000220. The predicted octanol–water partition coefficient (Wildman–Crippen LogP) is 2.44. The van der Waals surface area contributed by atoms with E-state index in [0.29, 0.717) is 18.5 Å². The van der Waals surface area contributed by atoms with Crippen LogP contribution in [0.25, 0.3) is 0 Å². The maximum absolute atomic E-state index is 11.9. The normalized spacial score (nSPS) is 21.2. The molecule has 0 bridgehead atoms. The maximum atomic E-state index is 11.9. The van der Waals surface area contributed by atoms with Gasteiger partial charge in [0.2, 0.25) is 5.91 Å². The van der Waals surface area contributed by atoms with E-state index in [2.05, 4.69) is 5.32 Å². The lowest BCUT2D eigenvalue weighted by Gasteiger charge is -2.26. The third-order valence-corrected chi connectivity index (χ3v) is 3.94. The highest BCUT2D eigenvalue weighted by Gasteiger charge is 2.19. The summed E-state index contributed by atoms with van der Waals surface area (Å²) in [4.78, 5) is 11.9. The molecule has 0 aliphatic heterocycles. The van der Waals surface area contributed by atoms with E-state index in [1.807, 2.05) is 24.3 Å². The number of nitrogens with two attached hydrogens (primary N) is 1. The number of aryl methyl sites for hydroxylation is 1. The number of rotatable bonds is 5. The quantitative estimate of drug-likeness (QED) is 0.877. The van der Waals surface area contributed by atoms with Gasteiger partial charge in [-0.05, 0) is 49.8 Å². The highest BCUT2D eigenvalue weighted by molar-refractivity contribution is 5.85. The Morgan fingerprint density at radius 2 is 1.86 bits per heavy atom. The zero-order valence-electron chi connectivity index (χ0n) is 12.5. The minimum Gasteiger partial charge on any atom is -0.497 e. The molecule has 1 fully saturated rings. The molecule has 4 nitrogen and oxygen atoms in total. The number of hydrogen-bond donors (Lipinski definition) is 2. The number of ether oxygens (including phenoxy) is 1. The average molecular weight is 313 g/mol. The first-order valence-corrected chi connectivity index (χ1v) is 7.35. The standard InChI is InChI=1S/C16H24N2O2.ClH/c1-20-15-9-2-12(3-10-15)4-11-16(19)18-14-7-5-13(17)6-8-14;/h2-3,9-10,13-14H,4-8,11,17H2,1H3,(H,18,19);1H. The van der Waals surface area contributed by atoms with Gasteiger partial charge in [-0.3, -0.25) is 4.79 Å². The second-order valence-corrected chi connectivity index (χ2v) is 5.53. The van der Waals surface area contributed by atoms with Crippen LogP contribution in [-0.4, -0.2) is 25.1 Å². The van der Waals surface area contributed by atoms with Crippen molar-refractivity contribution < 1.29 is 9.53 Å². The molecule has 1 aromatic rings. The summed E-state index contributed by atoms with van der Waals surface area (Å²) in [5.41, 5.74) is 7.02. The summed E-state index contributed by atoms with van der Waals surface area (Å²) in [5, 5.41) is 3.11. The fourth-order valence-corrected chi connectivity index (χ4v) is 2.61. The van der Waals surface area contributed by atoms with Gasteiger partial charge in [-0.25, -0.2) is 0 Å². The van der Waals surface area contributed by atoms with E-state index in [4.69, 9.17) is 10.5 Å². The topological polar surface area (TPSA) is 64.3 Å². The number of halogens is 1. The van der Waals surface area contributed by atoms with Crippen molar-refractivity contribution in [2.75, 3.05) is 7.11 Å². The number of carbonyl (C=O) groups excluding carboxylic acids is 1. The van der Waals surface area contributed by atoms with Gasteiger partial charge in [0.05, 0.1) is 7.11 Å². The molecule has 0 aromatic heterocycles. The highest BCUT2D eigenvalue weighted by Crippen LogP contribution is 2.17. The van der Waals surface area contributed by atoms with Gasteiger partial charge in [0, 0.05) is 18.5 Å². The highest BCUT2D eigenvalue weighted by atomic mass is 35.5. The first kappa shape index (κ1) is 17.8. The van der Waals surface area contributed by atoms with Crippen LogP contribution in [0, 0.1) is 0 Å². The van der Waals surface area contributed by atoms with Crippen molar-refractivity contribution in [1.29, 1.82) is 0 Å². The zero-order valence-corrected chi connectivity index (χ0v) is 13.3. The van der Waals surface area contributed by atoms with Crippen LogP contribution >= 0.6 is 12.4 Å². The fourth-order valence-electron chi connectivity index (χ4n) is 2.61. The molecule has 0 atom stereocenters. The fraction of sp³-hybridized carbons (Fsp3) is 0.562. The van der Waals surface area contributed by atoms with E-state index >= 15 is 0 Å². The third-order valence-electron chi connectivity index (χ3n) is 3.94. The molecule has 21 heavy (non-hydrogen) atoms. The van der Waals surface area contributed by atoms with E-state index in [1.54, 1.807) is 7.11 Å². The molecule has 1 aliphatic rings. The number of nitrogens with one attached hydrogen (secondary N) is 1. The third kappa shape index (κ3) is 5.94. The van der Waals surface area contributed by atoms with Crippen LogP contribution in [0.3, 0.4) is 0 Å². The van der Waals surface area contributed by atoms with Gasteiger partial charge in [-0.1, -0.05) is 12.1 Å². The van der Waals surface area contributed by atoms with Crippen molar-refractivity contribution in [2.24, 2.45) is 5.73 Å². The summed E-state index contributed by atoms with van der Waals surface area (Å²) in [5.74, 6) is 0.984. The van der Waals surface area contributed by atoms with Crippen molar-refractivity contribution >= 4 is 18.3 Å². The lowest BCUT2D eigenvalue weighted by atomic mass is 9.92. The second-order valence-electron chi connectivity index (χ2n) is 5.53. The Kier molecular flexibility index (Phi) is 7.54. The summed E-state index contributed by atoms with van der Waals surface area (Å²) in [6, 6.07) is 8.50. The first-order valence-electron chi connectivity index (χ1n) is 7.35. The van der Waals surface area contributed by atoms with Crippen molar-refractivity contribution in [3.05, 3.63) is 29.8 Å². The van der Waals surface area contributed by atoms with Crippen molar-refractivity contribution in [3.8, 4) is 5.75 Å². The van der Waals surface area contributed by atoms with Gasteiger partial charge in [-0.15, -0.1) is 12.4 Å². The lowest BCUT2D eigenvalue weighted by Crippen LogP contribution is -2.40. The Labute approximate surface area is 132 Å². The Morgan fingerprint density at radius 1 is 1.24 bits per heavy atom. The second kappa shape index (κ2) is 8.90. The molecule has 0 spiro atoms. The van der Waals surface area contributed by atoms with Crippen LogP contribution in [0.2, 0.25) is 0 Å². The van der Waals surface area contributed by atoms with E-state index in [0.717, 1.165) is 43.4 Å². The van der Waals surface area contributed by atoms with Gasteiger partial charge in [0.1, 0.15) is 5.75 Å². The number of benzene rings is 1. The number of amides is 1. The molecular formula is C16H25ClN2O2. The molecular weight excluding hydrogens is 288 g/mol. The molecule has 118 valence electrons. The largest absolute Gasteiger partial charge is 0.497 e. The van der Waals surface area contributed by atoms with Gasteiger partial charge in [0.15, 0.2) is 0 Å². The van der Waals surface area contributed by atoms with Gasteiger partial charge in [0.25, 0.3) is 0 Å². The van der Waals surface area contributed by atoms with Crippen molar-refractivity contribution in [1.82, 2.24) is 5.32 Å². The molecule has 3 N–H and O–H groups in total. The van der Waals surface area contributed by atoms with E-state index in [9.17, 15) is 4.79 Å². The molecule has 0 heterocycles. The molecule has 0 radical (unpaired) electrons. The van der Waals surface area contributed by atoms with Crippen molar-refractivity contribution in [2.45, 2.75) is 50.6 Å². The Bertz CT molecular complexity index is 428. The van der Waals surface area contributed by atoms with Gasteiger partial charge >= 0.3 is 0 Å². The number of hydrogen-bond acceptors (Lipinski definition) is 3. The molecule has 2 rings (SSSR count). The Hall–Kier alpha value is -1.26. The zero-order chi connectivity index (χ0) is 14.4. The number of methoxy groups -OCH3 is 1. The molecule has 1 amide bonds. The molecule has 1 aromatic carbocycles. The van der Waals surface area contributed by atoms with Crippen LogP contribution in [0.4, 0.5) is 0 Å². The van der Waals surface area contributed by atoms with Gasteiger partial charge in [-0.2, -0.15) is 0 Å². The summed E-state index contributed by atoms with van der Waals surface area (Å²) in [7, 11) is 1.65. The van der Waals surface area contributed by atoms with E-state index in [-0.39, 0.29) is 18.3 Å². The molecule has 0 saturated heterocycles. The first-order chi connectivity index (χ1) is 9.67. The van der Waals surface area contributed by atoms with Crippen LogP contribution in [0.15, 0.2) is 24.3 Å². The molecule has 1 aliphatic carbocycles. The summed E-state index contributed by atoms with van der Waals surface area (Å²) in [6.45, 7) is 0. The Morgan fingerprint density at radius 3 is 2.43 bits per heavy atom. The molecule has 1 saturated carbocycles. The summed E-state index contributed by atoms with van der Waals surface area (Å²) in [6.07, 6.45) is 5.36. The van der Waals surface area contributed by atoms with Crippen LogP contribution in [-0.2, 0) is 11.2 Å². The maximum Gasteiger partial charge on any atom is 0.220 e. The molecule has 5 heteroatoms. The summed E-state index contributed by atoms with van der Waals surface area (Å²) < 4.78 is 5.11. The predicted molar refractivity (Wildman–Crippen MR) is 86.9 cm³/mol. The smallest absolute Gasteiger partial charge is 0.220 e. The lowest BCUT2D eigenvalue weighted by molar-refractivity contribution is -0.122. The SMILES string of the molecule is COc1ccc(CCC(=O)NC2CCC(N)CC2)cc1.Cl. The minimum absolute atomic E-state index is 0. The van der Waals surface area contributed by atoms with Gasteiger partial charge < -0.3 is 15.8 Å². The minimum atomic E-state index is 0. The van der Waals surface area contributed by atoms with E-state index < -0.39 is 0 Å². The number of carbonyl (C=O) groups is 1. The van der Waals surface area contributed by atoms with E-state index in [1.165, 1.54) is 0 Å². The average Bonchev–Trinajstić information content (AvgIpc) is 2.48.